The number of benzene rings is 2. The third-order valence-electron chi connectivity index (χ3n) is 5.56. The SMILES string of the molecule is Cc1cccc2nc(C(=O)Nc3nc4cc(-c5cccc(C(F)(F)F)c5)ccc4n3C)cn12. The highest BCUT2D eigenvalue weighted by Gasteiger charge is 2.30. The minimum atomic E-state index is -4.42. The molecule has 2 aromatic carbocycles. The molecule has 3 aromatic heterocycles. The van der Waals surface area contributed by atoms with Crippen molar-refractivity contribution in [3.05, 3.63) is 83.8 Å². The first-order chi connectivity index (χ1) is 15.7. The van der Waals surface area contributed by atoms with Crippen LogP contribution in [0.15, 0.2) is 66.9 Å². The van der Waals surface area contributed by atoms with Crippen molar-refractivity contribution in [3.63, 3.8) is 0 Å². The molecule has 0 atom stereocenters. The molecule has 0 aliphatic heterocycles. The molecule has 0 saturated carbocycles. The molecule has 1 amide bonds. The summed E-state index contributed by atoms with van der Waals surface area (Å²) in [5.41, 5.74) is 3.46. The van der Waals surface area contributed by atoms with Crippen molar-refractivity contribution in [1.29, 1.82) is 0 Å². The predicted octanol–water partition coefficient (Wildman–Crippen LogP) is 5.47. The number of hydrogen-bond acceptors (Lipinski definition) is 3. The average molecular weight is 449 g/mol. The van der Waals surface area contributed by atoms with E-state index in [9.17, 15) is 18.0 Å². The van der Waals surface area contributed by atoms with E-state index in [0.29, 0.717) is 28.2 Å². The summed E-state index contributed by atoms with van der Waals surface area (Å²) in [4.78, 5) is 21.6. The Morgan fingerprint density at radius 2 is 1.73 bits per heavy atom. The molecule has 0 radical (unpaired) electrons. The Labute approximate surface area is 186 Å². The molecule has 0 unspecified atom stereocenters. The van der Waals surface area contributed by atoms with Crippen LogP contribution in [0.25, 0.3) is 27.8 Å². The monoisotopic (exact) mass is 449 g/mol. The largest absolute Gasteiger partial charge is 0.416 e. The Hall–Kier alpha value is -4.14. The zero-order valence-corrected chi connectivity index (χ0v) is 17.7. The smallest absolute Gasteiger partial charge is 0.313 e. The molecule has 9 heteroatoms. The van der Waals surface area contributed by atoms with E-state index in [2.05, 4.69) is 15.3 Å². The number of alkyl halides is 3. The van der Waals surface area contributed by atoms with Crippen LogP contribution in [0.3, 0.4) is 0 Å². The van der Waals surface area contributed by atoms with Gasteiger partial charge in [-0.3, -0.25) is 10.1 Å². The van der Waals surface area contributed by atoms with E-state index in [1.807, 2.05) is 29.5 Å². The molecule has 0 saturated heterocycles. The number of anilines is 1. The van der Waals surface area contributed by atoms with E-state index in [1.54, 1.807) is 42.1 Å². The molecular weight excluding hydrogens is 431 g/mol. The van der Waals surface area contributed by atoms with E-state index in [-0.39, 0.29) is 5.69 Å². The molecule has 1 N–H and O–H groups in total. The lowest BCUT2D eigenvalue weighted by Gasteiger charge is -2.09. The van der Waals surface area contributed by atoms with Gasteiger partial charge in [-0.25, -0.2) is 9.97 Å². The van der Waals surface area contributed by atoms with Crippen LogP contribution in [0, 0.1) is 6.92 Å². The Kier molecular flexibility index (Phi) is 4.70. The maximum Gasteiger partial charge on any atom is 0.416 e. The van der Waals surface area contributed by atoms with Crippen LogP contribution in [-0.2, 0) is 13.2 Å². The van der Waals surface area contributed by atoms with Crippen LogP contribution >= 0.6 is 0 Å². The van der Waals surface area contributed by atoms with Crippen molar-refractivity contribution >= 4 is 28.5 Å². The number of rotatable bonds is 3. The first-order valence-electron chi connectivity index (χ1n) is 10.1. The lowest BCUT2D eigenvalue weighted by atomic mass is 10.0. The summed E-state index contributed by atoms with van der Waals surface area (Å²) in [6.07, 6.45) is -2.76. The number of carbonyl (C=O) groups excluding carboxylic acids is 1. The highest BCUT2D eigenvalue weighted by Crippen LogP contribution is 2.33. The number of fused-ring (bicyclic) bond motifs is 2. The summed E-state index contributed by atoms with van der Waals surface area (Å²) < 4.78 is 42.8. The Morgan fingerprint density at radius 3 is 2.48 bits per heavy atom. The van der Waals surface area contributed by atoms with E-state index < -0.39 is 17.6 Å². The zero-order valence-electron chi connectivity index (χ0n) is 17.7. The fourth-order valence-electron chi connectivity index (χ4n) is 3.79. The van der Waals surface area contributed by atoms with Crippen LogP contribution in [-0.4, -0.2) is 24.8 Å². The van der Waals surface area contributed by atoms with Crippen LogP contribution in [0.2, 0.25) is 0 Å². The van der Waals surface area contributed by atoms with Gasteiger partial charge in [-0.05, 0) is 54.4 Å². The van der Waals surface area contributed by atoms with Crippen LogP contribution < -0.4 is 5.32 Å². The molecule has 5 rings (SSSR count). The van der Waals surface area contributed by atoms with Crippen molar-refractivity contribution in [2.45, 2.75) is 13.1 Å². The fraction of sp³-hybridized carbons (Fsp3) is 0.125. The van der Waals surface area contributed by atoms with Gasteiger partial charge in [0.15, 0.2) is 0 Å². The van der Waals surface area contributed by atoms with Crippen molar-refractivity contribution < 1.29 is 18.0 Å². The number of nitrogens with zero attached hydrogens (tertiary/aromatic N) is 4. The number of amides is 1. The zero-order chi connectivity index (χ0) is 23.3. The van der Waals surface area contributed by atoms with E-state index >= 15 is 0 Å². The highest BCUT2D eigenvalue weighted by molar-refractivity contribution is 6.03. The maximum absolute atomic E-state index is 13.1. The summed E-state index contributed by atoms with van der Waals surface area (Å²) in [5, 5.41) is 2.77. The standard InChI is InChI=1S/C24H18F3N5O/c1-14-5-3-8-21-28-19(13-32(14)21)22(33)30-23-29-18-12-16(9-10-20(18)31(23)2)15-6-4-7-17(11-15)24(25,26)27/h3-13H,1-2H3,(H,29,30,33). The molecule has 33 heavy (non-hydrogen) atoms. The number of pyridine rings is 1. The minimum absolute atomic E-state index is 0.251. The third kappa shape index (κ3) is 3.71. The lowest BCUT2D eigenvalue weighted by molar-refractivity contribution is -0.137. The van der Waals surface area contributed by atoms with E-state index in [4.69, 9.17) is 0 Å². The molecule has 5 aromatic rings. The predicted molar refractivity (Wildman–Crippen MR) is 119 cm³/mol. The lowest BCUT2D eigenvalue weighted by Crippen LogP contribution is -2.15. The van der Waals surface area contributed by atoms with Gasteiger partial charge >= 0.3 is 6.18 Å². The van der Waals surface area contributed by atoms with Gasteiger partial charge in [0.1, 0.15) is 11.3 Å². The second kappa shape index (κ2) is 7.47. The fourth-order valence-corrected chi connectivity index (χ4v) is 3.79. The molecule has 3 heterocycles. The number of imidazole rings is 2. The van der Waals surface area contributed by atoms with Crippen LogP contribution in [0.4, 0.5) is 19.1 Å². The van der Waals surface area contributed by atoms with Crippen molar-refractivity contribution in [2.75, 3.05) is 5.32 Å². The molecule has 166 valence electrons. The van der Waals surface area contributed by atoms with Crippen molar-refractivity contribution in [2.24, 2.45) is 7.05 Å². The van der Waals surface area contributed by atoms with Crippen LogP contribution in [0.5, 0.6) is 0 Å². The molecule has 0 fully saturated rings. The van der Waals surface area contributed by atoms with Gasteiger partial charge in [-0.2, -0.15) is 13.2 Å². The van der Waals surface area contributed by atoms with Gasteiger partial charge in [0, 0.05) is 18.9 Å². The topological polar surface area (TPSA) is 64.2 Å². The van der Waals surface area contributed by atoms with Gasteiger partial charge in [0.2, 0.25) is 5.95 Å². The highest BCUT2D eigenvalue weighted by atomic mass is 19.4. The second-order valence-corrected chi connectivity index (χ2v) is 7.75. The number of nitrogens with one attached hydrogen (secondary N) is 1. The molecule has 0 aliphatic rings. The van der Waals surface area contributed by atoms with E-state index in [1.165, 1.54) is 6.07 Å². The van der Waals surface area contributed by atoms with Crippen molar-refractivity contribution in [3.8, 4) is 11.1 Å². The number of hydrogen-bond donors (Lipinski definition) is 1. The third-order valence-corrected chi connectivity index (χ3v) is 5.56. The first-order valence-corrected chi connectivity index (χ1v) is 10.1. The Morgan fingerprint density at radius 1 is 0.970 bits per heavy atom. The first kappa shape index (κ1) is 20.7. The molecule has 0 aliphatic carbocycles. The molecule has 6 nitrogen and oxygen atoms in total. The maximum atomic E-state index is 13.1. The van der Waals surface area contributed by atoms with Gasteiger partial charge in [0.05, 0.1) is 16.6 Å². The Balaban J connectivity index is 1.47. The van der Waals surface area contributed by atoms with Gasteiger partial charge < -0.3 is 8.97 Å². The van der Waals surface area contributed by atoms with Gasteiger partial charge in [-0.1, -0.05) is 24.3 Å². The number of aryl methyl sites for hydroxylation is 2. The summed E-state index contributed by atoms with van der Waals surface area (Å²) in [6, 6.07) is 15.9. The van der Waals surface area contributed by atoms with Gasteiger partial charge in [-0.15, -0.1) is 0 Å². The minimum Gasteiger partial charge on any atom is -0.313 e. The van der Waals surface area contributed by atoms with Crippen molar-refractivity contribution in [1.82, 2.24) is 18.9 Å². The number of halogens is 3. The van der Waals surface area contributed by atoms with Gasteiger partial charge in [0.25, 0.3) is 5.91 Å². The normalized spacial score (nSPS) is 11.9. The quantitative estimate of drug-likeness (QED) is 0.397. The summed E-state index contributed by atoms with van der Waals surface area (Å²) >= 11 is 0. The van der Waals surface area contributed by atoms with E-state index in [0.717, 1.165) is 23.3 Å². The molecule has 0 bridgehead atoms. The molecular formula is C24H18F3N5O. The summed E-state index contributed by atoms with van der Waals surface area (Å²) in [7, 11) is 1.75. The second-order valence-electron chi connectivity index (χ2n) is 7.75. The number of aromatic nitrogens is 4. The number of carbonyl (C=O) groups is 1. The Bertz CT molecular complexity index is 1530. The summed E-state index contributed by atoms with van der Waals surface area (Å²) in [5.74, 6) is -0.0976. The summed E-state index contributed by atoms with van der Waals surface area (Å²) in [6.45, 7) is 1.92. The molecule has 0 spiro atoms. The van der Waals surface area contributed by atoms with Crippen LogP contribution in [0.1, 0.15) is 21.7 Å². The average Bonchev–Trinajstić information content (AvgIpc) is 3.36.